The van der Waals surface area contributed by atoms with Crippen molar-refractivity contribution in [1.29, 1.82) is 0 Å². The fraction of sp³-hybridized carbons (Fsp3) is 0.125. The standard InChI is InChI=1S/C16H15N5O2/c1-11-10-13(20-21(11)2)15-18-19-16(23-15)17-14(22)9-8-12-6-4-3-5-7-12/h3-10H,1-2H3,(H,17,19,22)/b9-8+. The molecule has 0 atom stereocenters. The van der Waals surface area contributed by atoms with Gasteiger partial charge in [0.1, 0.15) is 5.69 Å². The van der Waals surface area contributed by atoms with Gasteiger partial charge in [0.05, 0.1) is 0 Å². The molecule has 116 valence electrons. The van der Waals surface area contributed by atoms with E-state index in [0.717, 1.165) is 11.3 Å². The van der Waals surface area contributed by atoms with Gasteiger partial charge in [-0.15, -0.1) is 5.10 Å². The van der Waals surface area contributed by atoms with E-state index < -0.39 is 0 Å². The average molecular weight is 309 g/mol. The van der Waals surface area contributed by atoms with Gasteiger partial charge in [-0.3, -0.25) is 14.8 Å². The number of carbonyl (C=O) groups excluding carboxylic acids is 1. The smallest absolute Gasteiger partial charge is 0.322 e. The van der Waals surface area contributed by atoms with E-state index in [-0.39, 0.29) is 17.8 Å². The summed E-state index contributed by atoms with van der Waals surface area (Å²) in [5, 5.41) is 14.4. The third-order valence-electron chi connectivity index (χ3n) is 3.21. The van der Waals surface area contributed by atoms with Crippen LogP contribution in [0.4, 0.5) is 6.01 Å². The number of carbonyl (C=O) groups is 1. The molecule has 7 heteroatoms. The van der Waals surface area contributed by atoms with Crippen LogP contribution in [0.1, 0.15) is 11.3 Å². The van der Waals surface area contributed by atoms with Crippen molar-refractivity contribution in [1.82, 2.24) is 20.0 Å². The van der Waals surface area contributed by atoms with Gasteiger partial charge in [0.2, 0.25) is 0 Å². The molecule has 0 saturated carbocycles. The SMILES string of the molecule is Cc1cc(-c2nnc(NC(=O)/C=C/c3ccccc3)o2)nn1C. The Morgan fingerprint density at radius 1 is 1.26 bits per heavy atom. The molecule has 0 bridgehead atoms. The Balaban J connectivity index is 1.67. The highest BCUT2D eigenvalue weighted by atomic mass is 16.4. The molecular weight excluding hydrogens is 294 g/mol. The summed E-state index contributed by atoms with van der Waals surface area (Å²) < 4.78 is 7.11. The van der Waals surface area contributed by atoms with Crippen LogP contribution in [0.3, 0.4) is 0 Å². The van der Waals surface area contributed by atoms with Gasteiger partial charge in [-0.1, -0.05) is 35.4 Å². The summed E-state index contributed by atoms with van der Waals surface area (Å²) in [4.78, 5) is 11.8. The van der Waals surface area contributed by atoms with Gasteiger partial charge in [0.15, 0.2) is 0 Å². The fourth-order valence-electron chi connectivity index (χ4n) is 1.93. The summed E-state index contributed by atoms with van der Waals surface area (Å²) in [7, 11) is 1.83. The zero-order valence-corrected chi connectivity index (χ0v) is 12.7. The third-order valence-corrected chi connectivity index (χ3v) is 3.21. The van der Waals surface area contributed by atoms with Crippen molar-refractivity contribution in [2.45, 2.75) is 6.92 Å². The van der Waals surface area contributed by atoms with Gasteiger partial charge in [-0.05, 0) is 24.6 Å². The number of rotatable bonds is 4. The van der Waals surface area contributed by atoms with E-state index in [2.05, 4.69) is 20.6 Å². The van der Waals surface area contributed by atoms with Crippen LogP contribution in [0.2, 0.25) is 0 Å². The minimum atomic E-state index is -0.346. The highest BCUT2D eigenvalue weighted by Gasteiger charge is 2.13. The fourth-order valence-corrected chi connectivity index (χ4v) is 1.93. The molecule has 0 fully saturated rings. The summed E-state index contributed by atoms with van der Waals surface area (Å²) in [5.74, 6) is -0.0858. The maximum Gasteiger partial charge on any atom is 0.322 e. The monoisotopic (exact) mass is 309 g/mol. The summed E-state index contributed by atoms with van der Waals surface area (Å²) in [6.07, 6.45) is 3.11. The first-order chi connectivity index (χ1) is 11.1. The predicted octanol–water partition coefficient (Wildman–Crippen LogP) is 2.43. The predicted molar refractivity (Wildman–Crippen MR) is 85.3 cm³/mol. The molecule has 1 aromatic carbocycles. The van der Waals surface area contributed by atoms with E-state index in [1.807, 2.05) is 50.4 Å². The van der Waals surface area contributed by atoms with Crippen molar-refractivity contribution in [3.05, 3.63) is 53.7 Å². The lowest BCUT2D eigenvalue weighted by molar-refractivity contribution is -0.112. The maximum atomic E-state index is 11.8. The molecule has 1 amide bonds. The number of benzene rings is 1. The molecule has 2 heterocycles. The number of hydrogen-bond donors (Lipinski definition) is 1. The Morgan fingerprint density at radius 2 is 2.04 bits per heavy atom. The molecule has 0 unspecified atom stereocenters. The number of hydrogen-bond acceptors (Lipinski definition) is 5. The van der Waals surface area contributed by atoms with Crippen LogP contribution in [-0.4, -0.2) is 25.9 Å². The lowest BCUT2D eigenvalue weighted by Gasteiger charge is -1.94. The van der Waals surface area contributed by atoms with Crippen molar-refractivity contribution in [3.63, 3.8) is 0 Å². The molecule has 0 aliphatic heterocycles. The van der Waals surface area contributed by atoms with Crippen LogP contribution in [0.5, 0.6) is 0 Å². The van der Waals surface area contributed by atoms with Gasteiger partial charge >= 0.3 is 6.01 Å². The topological polar surface area (TPSA) is 85.8 Å². The van der Waals surface area contributed by atoms with E-state index in [4.69, 9.17) is 4.42 Å². The first-order valence-corrected chi connectivity index (χ1v) is 7.00. The minimum absolute atomic E-state index is 0.0333. The molecule has 3 aromatic rings. The zero-order valence-electron chi connectivity index (χ0n) is 12.7. The molecule has 0 aliphatic rings. The van der Waals surface area contributed by atoms with Crippen LogP contribution in [0.25, 0.3) is 17.7 Å². The highest BCUT2D eigenvalue weighted by molar-refractivity contribution is 6.00. The van der Waals surface area contributed by atoms with Crippen molar-refractivity contribution >= 4 is 18.0 Å². The zero-order chi connectivity index (χ0) is 16.2. The molecule has 23 heavy (non-hydrogen) atoms. The Hall–Kier alpha value is -3.22. The molecular formula is C16H15N5O2. The number of anilines is 1. The van der Waals surface area contributed by atoms with E-state index in [9.17, 15) is 4.79 Å². The molecule has 3 rings (SSSR count). The maximum absolute atomic E-state index is 11.8. The second-order valence-corrected chi connectivity index (χ2v) is 4.94. The Labute approximate surface area is 132 Å². The van der Waals surface area contributed by atoms with E-state index >= 15 is 0 Å². The first-order valence-electron chi connectivity index (χ1n) is 7.00. The van der Waals surface area contributed by atoms with Gasteiger partial charge in [-0.2, -0.15) is 5.10 Å². The summed E-state index contributed by atoms with van der Waals surface area (Å²) in [6, 6.07) is 11.4. The van der Waals surface area contributed by atoms with Crippen LogP contribution < -0.4 is 5.32 Å². The van der Waals surface area contributed by atoms with Crippen molar-refractivity contribution in [2.24, 2.45) is 7.05 Å². The highest BCUT2D eigenvalue weighted by Crippen LogP contribution is 2.19. The normalized spacial score (nSPS) is 11.0. The van der Waals surface area contributed by atoms with Gasteiger partial charge in [0.25, 0.3) is 11.8 Å². The number of aromatic nitrogens is 4. The van der Waals surface area contributed by atoms with Crippen LogP contribution in [-0.2, 0) is 11.8 Å². The first kappa shape index (κ1) is 14.7. The van der Waals surface area contributed by atoms with E-state index in [1.54, 1.807) is 10.8 Å². The van der Waals surface area contributed by atoms with Crippen LogP contribution in [0.15, 0.2) is 46.9 Å². The van der Waals surface area contributed by atoms with Gasteiger partial charge in [-0.25, -0.2) is 0 Å². The van der Waals surface area contributed by atoms with Crippen molar-refractivity contribution in [3.8, 4) is 11.6 Å². The Bertz CT molecular complexity index is 829. The largest absolute Gasteiger partial charge is 0.401 e. The molecule has 2 aromatic heterocycles. The van der Waals surface area contributed by atoms with Crippen molar-refractivity contribution in [2.75, 3.05) is 5.32 Å². The Kier molecular flexibility index (Phi) is 4.01. The number of aryl methyl sites for hydroxylation is 2. The van der Waals surface area contributed by atoms with Crippen LogP contribution in [0, 0.1) is 6.92 Å². The third kappa shape index (κ3) is 3.52. The lowest BCUT2D eigenvalue weighted by atomic mass is 10.2. The van der Waals surface area contributed by atoms with Crippen LogP contribution >= 0.6 is 0 Å². The molecule has 0 aliphatic carbocycles. The average Bonchev–Trinajstić information content (AvgIpc) is 3.14. The van der Waals surface area contributed by atoms with E-state index in [0.29, 0.717) is 5.69 Å². The second-order valence-electron chi connectivity index (χ2n) is 4.94. The number of amides is 1. The molecule has 1 N–H and O–H groups in total. The van der Waals surface area contributed by atoms with Crippen molar-refractivity contribution < 1.29 is 9.21 Å². The molecule has 7 nitrogen and oxygen atoms in total. The molecule has 0 saturated heterocycles. The van der Waals surface area contributed by atoms with E-state index in [1.165, 1.54) is 6.08 Å². The molecule has 0 spiro atoms. The minimum Gasteiger partial charge on any atom is -0.401 e. The summed E-state index contributed by atoms with van der Waals surface area (Å²) in [6.45, 7) is 1.92. The number of nitrogens with zero attached hydrogens (tertiary/aromatic N) is 4. The summed E-state index contributed by atoms with van der Waals surface area (Å²) in [5.41, 5.74) is 2.46. The number of nitrogens with one attached hydrogen (secondary N) is 1. The summed E-state index contributed by atoms with van der Waals surface area (Å²) >= 11 is 0. The van der Waals surface area contributed by atoms with Gasteiger partial charge in [0, 0.05) is 18.8 Å². The lowest BCUT2D eigenvalue weighted by Crippen LogP contribution is -2.07. The quantitative estimate of drug-likeness (QED) is 0.748. The molecule has 0 radical (unpaired) electrons. The Morgan fingerprint density at radius 3 is 2.74 bits per heavy atom. The second kappa shape index (κ2) is 6.27. The van der Waals surface area contributed by atoms with Gasteiger partial charge < -0.3 is 4.42 Å².